The standard InChI is InChI=1S/C11H17IN4O/c12-10-8-13-11(14-9-10)16-3-1-2-15(4-5-16)6-7-17/h8-9,17H,1-7H2. The van der Waals surface area contributed by atoms with Crippen LogP contribution in [0.2, 0.25) is 0 Å². The maximum Gasteiger partial charge on any atom is 0.225 e. The fourth-order valence-corrected chi connectivity index (χ4v) is 2.28. The van der Waals surface area contributed by atoms with Crippen LogP contribution < -0.4 is 4.90 Å². The largest absolute Gasteiger partial charge is 0.395 e. The lowest BCUT2D eigenvalue weighted by Crippen LogP contribution is -2.33. The van der Waals surface area contributed by atoms with Gasteiger partial charge in [-0.15, -0.1) is 0 Å². The van der Waals surface area contributed by atoms with Crippen LogP contribution in [0.5, 0.6) is 0 Å². The van der Waals surface area contributed by atoms with Crippen LogP contribution in [-0.2, 0) is 0 Å². The van der Waals surface area contributed by atoms with Crippen molar-refractivity contribution < 1.29 is 5.11 Å². The summed E-state index contributed by atoms with van der Waals surface area (Å²) in [5, 5.41) is 8.94. The van der Waals surface area contributed by atoms with E-state index in [1.54, 1.807) is 0 Å². The van der Waals surface area contributed by atoms with Gasteiger partial charge in [0, 0.05) is 42.1 Å². The Morgan fingerprint density at radius 1 is 1.18 bits per heavy atom. The lowest BCUT2D eigenvalue weighted by atomic mass is 10.4. The Kier molecular flexibility index (Phi) is 4.93. The molecule has 1 aromatic rings. The average Bonchev–Trinajstić information content (AvgIpc) is 2.56. The summed E-state index contributed by atoms with van der Waals surface area (Å²) >= 11 is 2.21. The lowest BCUT2D eigenvalue weighted by Gasteiger charge is -2.21. The number of aromatic nitrogens is 2. The third-order valence-electron chi connectivity index (χ3n) is 2.89. The normalized spacial score (nSPS) is 18.1. The van der Waals surface area contributed by atoms with Crippen molar-refractivity contribution in [1.29, 1.82) is 0 Å². The summed E-state index contributed by atoms with van der Waals surface area (Å²) in [5.74, 6) is 0.816. The highest BCUT2D eigenvalue weighted by Gasteiger charge is 2.16. The fraction of sp³-hybridized carbons (Fsp3) is 0.636. The highest BCUT2D eigenvalue weighted by molar-refractivity contribution is 14.1. The van der Waals surface area contributed by atoms with Crippen molar-refractivity contribution in [3.63, 3.8) is 0 Å². The third-order valence-corrected chi connectivity index (χ3v) is 3.45. The van der Waals surface area contributed by atoms with E-state index >= 15 is 0 Å². The first-order valence-corrected chi connectivity index (χ1v) is 6.93. The van der Waals surface area contributed by atoms with E-state index in [9.17, 15) is 0 Å². The molecule has 0 aliphatic carbocycles. The zero-order chi connectivity index (χ0) is 12.1. The quantitative estimate of drug-likeness (QED) is 0.811. The lowest BCUT2D eigenvalue weighted by molar-refractivity contribution is 0.204. The van der Waals surface area contributed by atoms with Crippen LogP contribution in [0.1, 0.15) is 6.42 Å². The Morgan fingerprint density at radius 3 is 2.65 bits per heavy atom. The first-order valence-electron chi connectivity index (χ1n) is 5.85. The molecule has 0 spiro atoms. The molecule has 94 valence electrons. The monoisotopic (exact) mass is 348 g/mol. The second kappa shape index (κ2) is 6.46. The molecular formula is C11H17IN4O. The second-order valence-electron chi connectivity index (χ2n) is 4.11. The first-order chi connectivity index (χ1) is 8.29. The van der Waals surface area contributed by atoms with Crippen molar-refractivity contribution in [2.45, 2.75) is 6.42 Å². The summed E-state index contributed by atoms with van der Waals surface area (Å²) in [6.45, 7) is 4.93. The molecule has 0 saturated carbocycles. The molecule has 0 atom stereocenters. The second-order valence-corrected chi connectivity index (χ2v) is 5.35. The topological polar surface area (TPSA) is 52.5 Å². The predicted molar refractivity (Wildman–Crippen MR) is 75.1 cm³/mol. The smallest absolute Gasteiger partial charge is 0.225 e. The predicted octanol–water partition coefficient (Wildman–Crippen LogP) is 0.586. The van der Waals surface area contributed by atoms with E-state index in [0.29, 0.717) is 0 Å². The molecular weight excluding hydrogens is 331 g/mol. The molecule has 2 heterocycles. The number of aliphatic hydroxyl groups is 1. The van der Waals surface area contributed by atoms with Crippen molar-refractivity contribution in [3.05, 3.63) is 16.0 Å². The van der Waals surface area contributed by atoms with Crippen LogP contribution in [0.15, 0.2) is 12.4 Å². The van der Waals surface area contributed by atoms with Crippen LogP contribution in [0.3, 0.4) is 0 Å². The number of hydrogen-bond acceptors (Lipinski definition) is 5. The molecule has 0 radical (unpaired) electrons. The molecule has 0 aromatic carbocycles. The van der Waals surface area contributed by atoms with Gasteiger partial charge in [-0.1, -0.05) is 0 Å². The van der Waals surface area contributed by atoms with E-state index in [-0.39, 0.29) is 6.61 Å². The molecule has 1 fully saturated rings. The van der Waals surface area contributed by atoms with Gasteiger partial charge in [0.25, 0.3) is 0 Å². The Morgan fingerprint density at radius 2 is 1.94 bits per heavy atom. The van der Waals surface area contributed by atoms with Gasteiger partial charge < -0.3 is 10.0 Å². The molecule has 0 unspecified atom stereocenters. The van der Waals surface area contributed by atoms with E-state index in [0.717, 1.165) is 48.7 Å². The number of rotatable bonds is 3. The van der Waals surface area contributed by atoms with Crippen LogP contribution in [0.4, 0.5) is 5.95 Å². The molecule has 1 aliphatic heterocycles. The zero-order valence-corrected chi connectivity index (χ0v) is 11.9. The molecule has 5 nitrogen and oxygen atoms in total. The van der Waals surface area contributed by atoms with E-state index in [1.165, 1.54) is 0 Å². The Labute approximate surface area is 115 Å². The van der Waals surface area contributed by atoms with Gasteiger partial charge in [0.05, 0.1) is 6.61 Å². The number of nitrogens with zero attached hydrogens (tertiary/aromatic N) is 4. The van der Waals surface area contributed by atoms with Gasteiger partial charge in [0.2, 0.25) is 5.95 Å². The number of halogens is 1. The summed E-state index contributed by atoms with van der Waals surface area (Å²) in [7, 11) is 0. The summed E-state index contributed by atoms with van der Waals surface area (Å²) < 4.78 is 1.06. The molecule has 1 N–H and O–H groups in total. The molecule has 1 saturated heterocycles. The molecule has 0 bridgehead atoms. The van der Waals surface area contributed by atoms with Gasteiger partial charge in [0.15, 0.2) is 0 Å². The van der Waals surface area contributed by atoms with Crippen molar-refractivity contribution in [3.8, 4) is 0 Å². The van der Waals surface area contributed by atoms with Gasteiger partial charge in [-0.25, -0.2) is 9.97 Å². The highest BCUT2D eigenvalue weighted by Crippen LogP contribution is 2.11. The summed E-state index contributed by atoms with van der Waals surface area (Å²) in [6, 6.07) is 0. The Hall–Kier alpha value is -0.470. The summed E-state index contributed by atoms with van der Waals surface area (Å²) in [4.78, 5) is 13.2. The molecule has 2 rings (SSSR count). The van der Waals surface area contributed by atoms with E-state index in [4.69, 9.17) is 5.11 Å². The zero-order valence-electron chi connectivity index (χ0n) is 9.72. The number of β-amino-alcohol motifs (C(OH)–C–C–N with tert-alkyl or cyclic N) is 1. The van der Waals surface area contributed by atoms with Gasteiger partial charge in [-0.05, 0) is 35.6 Å². The number of aliphatic hydroxyl groups excluding tert-OH is 1. The molecule has 1 aromatic heterocycles. The minimum atomic E-state index is 0.236. The Bertz CT molecular complexity index is 346. The first kappa shape index (κ1) is 13.0. The van der Waals surface area contributed by atoms with Crippen LogP contribution >= 0.6 is 22.6 Å². The van der Waals surface area contributed by atoms with Gasteiger partial charge in [-0.2, -0.15) is 0 Å². The van der Waals surface area contributed by atoms with Crippen molar-refractivity contribution >= 4 is 28.5 Å². The van der Waals surface area contributed by atoms with Gasteiger partial charge in [-0.3, -0.25) is 4.90 Å². The van der Waals surface area contributed by atoms with E-state index in [2.05, 4.69) is 42.4 Å². The summed E-state index contributed by atoms with van der Waals surface area (Å²) in [6.07, 6.45) is 4.79. The van der Waals surface area contributed by atoms with Crippen molar-refractivity contribution in [1.82, 2.24) is 14.9 Å². The van der Waals surface area contributed by atoms with Crippen LogP contribution in [0.25, 0.3) is 0 Å². The molecule has 1 aliphatic rings. The number of hydrogen-bond donors (Lipinski definition) is 1. The molecule has 17 heavy (non-hydrogen) atoms. The molecule has 6 heteroatoms. The Balaban J connectivity index is 1.96. The van der Waals surface area contributed by atoms with Crippen LogP contribution in [-0.4, -0.2) is 59.3 Å². The van der Waals surface area contributed by atoms with Crippen molar-refractivity contribution in [2.24, 2.45) is 0 Å². The van der Waals surface area contributed by atoms with Gasteiger partial charge >= 0.3 is 0 Å². The third kappa shape index (κ3) is 3.75. The highest BCUT2D eigenvalue weighted by atomic mass is 127. The minimum Gasteiger partial charge on any atom is -0.395 e. The van der Waals surface area contributed by atoms with E-state index < -0.39 is 0 Å². The van der Waals surface area contributed by atoms with Crippen LogP contribution in [0, 0.1) is 3.57 Å². The number of anilines is 1. The van der Waals surface area contributed by atoms with Crippen molar-refractivity contribution in [2.75, 3.05) is 44.2 Å². The maximum absolute atomic E-state index is 8.94. The average molecular weight is 348 g/mol. The van der Waals surface area contributed by atoms with Gasteiger partial charge in [0.1, 0.15) is 0 Å². The summed E-state index contributed by atoms with van der Waals surface area (Å²) in [5.41, 5.74) is 0. The molecule has 0 amide bonds. The minimum absolute atomic E-state index is 0.236. The maximum atomic E-state index is 8.94. The van der Waals surface area contributed by atoms with E-state index in [1.807, 2.05) is 12.4 Å². The SMILES string of the molecule is OCCN1CCCN(c2ncc(I)cn2)CC1. The fourth-order valence-electron chi connectivity index (χ4n) is 2.00.